The van der Waals surface area contributed by atoms with Gasteiger partial charge in [-0.1, -0.05) is 15.9 Å². The van der Waals surface area contributed by atoms with Gasteiger partial charge in [0.15, 0.2) is 5.78 Å². The summed E-state index contributed by atoms with van der Waals surface area (Å²) in [5, 5.41) is 0. The molecule has 0 atom stereocenters. The molecule has 19 heavy (non-hydrogen) atoms. The Hall–Kier alpha value is -1.75. The first-order chi connectivity index (χ1) is 9.24. The molecule has 3 rings (SSSR count). The van der Waals surface area contributed by atoms with E-state index in [1.807, 2.05) is 12.1 Å². The minimum atomic E-state index is -0.0519. The predicted octanol–water partition coefficient (Wildman–Crippen LogP) is 2.60. The van der Waals surface area contributed by atoms with Gasteiger partial charge in [-0.05, 0) is 17.7 Å². The molecule has 2 aromatic rings. The molecule has 1 aromatic heterocycles. The Labute approximate surface area is 119 Å². The van der Waals surface area contributed by atoms with Gasteiger partial charge >= 0.3 is 0 Å². The number of carbonyl (C=O) groups is 1. The minimum Gasteiger partial charge on any atom is -0.493 e. The standard InChI is InChI=1S/C14H11BrN2O2/c15-11-5-9-1-4-19-14(9)10(6-11)7-13(18)12-8-16-2-3-17-12/h2-3,5-6,8H,1,4,7H2. The third-order valence-corrected chi connectivity index (χ3v) is 3.48. The number of hydrogen-bond acceptors (Lipinski definition) is 4. The van der Waals surface area contributed by atoms with E-state index in [0.29, 0.717) is 12.3 Å². The van der Waals surface area contributed by atoms with Gasteiger partial charge in [0, 0.05) is 35.3 Å². The number of halogens is 1. The van der Waals surface area contributed by atoms with Crippen LogP contribution in [0.1, 0.15) is 21.6 Å². The molecular weight excluding hydrogens is 308 g/mol. The maximum Gasteiger partial charge on any atom is 0.187 e. The molecule has 0 radical (unpaired) electrons. The summed E-state index contributed by atoms with van der Waals surface area (Å²) in [6.45, 7) is 0.679. The minimum absolute atomic E-state index is 0.0519. The molecule has 1 aromatic carbocycles. The van der Waals surface area contributed by atoms with Gasteiger partial charge in [-0.25, -0.2) is 4.98 Å². The summed E-state index contributed by atoms with van der Waals surface area (Å²) in [5.74, 6) is 0.796. The molecule has 0 amide bonds. The van der Waals surface area contributed by atoms with E-state index in [4.69, 9.17) is 4.74 Å². The van der Waals surface area contributed by atoms with Crippen molar-refractivity contribution in [2.24, 2.45) is 0 Å². The van der Waals surface area contributed by atoms with Gasteiger partial charge in [0.2, 0.25) is 0 Å². The number of ether oxygens (including phenoxy) is 1. The number of fused-ring (bicyclic) bond motifs is 1. The van der Waals surface area contributed by atoms with Crippen LogP contribution < -0.4 is 4.74 Å². The number of carbonyl (C=O) groups excluding carboxylic acids is 1. The van der Waals surface area contributed by atoms with Crippen LogP contribution in [0.25, 0.3) is 0 Å². The van der Waals surface area contributed by atoms with E-state index >= 15 is 0 Å². The Morgan fingerprint density at radius 3 is 3.05 bits per heavy atom. The maximum atomic E-state index is 12.2. The Morgan fingerprint density at radius 1 is 1.37 bits per heavy atom. The zero-order valence-electron chi connectivity index (χ0n) is 10.1. The zero-order chi connectivity index (χ0) is 13.2. The first-order valence-electron chi connectivity index (χ1n) is 5.97. The molecule has 5 heteroatoms. The van der Waals surface area contributed by atoms with Crippen molar-refractivity contribution in [3.8, 4) is 5.75 Å². The van der Waals surface area contributed by atoms with Gasteiger partial charge in [0.25, 0.3) is 0 Å². The molecule has 0 unspecified atom stereocenters. The Balaban J connectivity index is 1.90. The summed E-state index contributed by atoms with van der Waals surface area (Å²) in [7, 11) is 0. The Morgan fingerprint density at radius 2 is 2.26 bits per heavy atom. The Bertz CT molecular complexity index is 629. The fourth-order valence-corrected chi connectivity index (χ4v) is 2.74. The zero-order valence-corrected chi connectivity index (χ0v) is 11.7. The lowest BCUT2D eigenvalue weighted by atomic mass is 10.0. The lowest BCUT2D eigenvalue weighted by Gasteiger charge is -2.08. The highest BCUT2D eigenvalue weighted by Gasteiger charge is 2.20. The van der Waals surface area contributed by atoms with E-state index in [9.17, 15) is 4.79 Å². The Kier molecular flexibility index (Phi) is 3.29. The highest BCUT2D eigenvalue weighted by molar-refractivity contribution is 9.10. The molecule has 1 aliphatic rings. The van der Waals surface area contributed by atoms with Crippen molar-refractivity contribution in [2.75, 3.05) is 6.61 Å². The van der Waals surface area contributed by atoms with Gasteiger partial charge in [0.05, 0.1) is 12.8 Å². The summed E-state index contributed by atoms with van der Waals surface area (Å²) in [6, 6.07) is 3.97. The number of rotatable bonds is 3. The van der Waals surface area contributed by atoms with Gasteiger partial charge < -0.3 is 4.74 Å². The third kappa shape index (κ3) is 2.51. The molecule has 0 saturated heterocycles. The largest absolute Gasteiger partial charge is 0.493 e. The number of aromatic nitrogens is 2. The SMILES string of the molecule is O=C(Cc1cc(Br)cc2c1OCC2)c1cnccn1. The quantitative estimate of drug-likeness (QED) is 0.816. The third-order valence-electron chi connectivity index (χ3n) is 3.03. The van der Waals surface area contributed by atoms with Crippen molar-refractivity contribution < 1.29 is 9.53 Å². The lowest BCUT2D eigenvalue weighted by molar-refractivity contribution is 0.0987. The van der Waals surface area contributed by atoms with Crippen LogP contribution in [0.3, 0.4) is 0 Å². The van der Waals surface area contributed by atoms with Crippen LogP contribution in [0.5, 0.6) is 5.75 Å². The molecule has 2 heterocycles. The van der Waals surface area contributed by atoms with Crippen molar-refractivity contribution in [3.05, 3.63) is 52.0 Å². The highest BCUT2D eigenvalue weighted by atomic mass is 79.9. The summed E-state index contributed by atoms with van der Waals surface area (Å²) in [6.07, 6.45) is 5.73. The molecule has 0 aliphatic carbocycles. The molecule has 96 valence electrons. The fourth-order valence-electron chi connectivity index (χ4n) is 2.18. The summed E-state index contributed by atoms with van der Waals surface area (Å²) < 4.78 is 6.58. The van der Waals surface area contributed by atoms with Crippen molar-refractivity contribution in [3.63, 3.8) is 0 Å². The van der Waals surface area contributed by atoms with Crippen molar-refractivity contribution >= 4 is 21.7 Å². The first-order valence-corrected chi connectivity index (χ1v) is 6.76. The monoisotopic (exact) mass is 318 g/mol. The summed E-state index contributed by atoms with van der Waals surface area (Å²) >= 11 is 3.47. The van der Waals surface area contributed by atoms with Crippen LogP contribution in [-0.2, 0) is 12.8 Å². The van der Waals surface area contributed by atoms with Gasteiger partial charge in [-0.3, -0.25) is 9.78 Å². The molecule has 0 bridgehead atoms. The van der Waals surface area contributed by atoms with E-state index < -0.39 is 0 Å². The van der Waals surface area contributed by atoms with Crippen molar-refractivity contribution in [1.82, 2.24) is 9.97 Å². The maximum absolute atomic E-state index is 12.2. The number of ketones is 1. The van der Waals surface area contributed by atoms with E-state index in [1.54, 1.807) is 6.20 Å². The normalized spacial score (nSPS) is 12.9. The molecule has 0 N–H and O–H groups in total. The van der Waals surface area contributed by atoms with Gasteiger partial charge in [0.1, 0.15) is 11.4 Å². The van der Waals surface area contributed by atoms with Crippen LogP contribution in [0.4, 0.5) is 0 Å². The van der Waals surface area contributed by atoms with Crippen LogP contribution >= 0.6 is 15.9 Å². The van der Waals surface area contributed by atoms with E-state index in [2.05, 4.69) is 25.9 Å². The number of hydrogen-bond donors (Lipinski definition) is 0. The van der Waals surface area contributed by atoms with Crippen LogP contribution in [0.2, 0.25) is 0 Å². The lowest BCUT2D eigenvalue weighted by Crippen LogP contribution is -2.07. The van der Waals surface area contributed by atoms with Crippen molar-refractivity contribution in [1.29, 1.82) is 0 Å². The highest BCUT2D eigenvalue weighted by Crippen LogP contribution is 2.33. The van der Waals surface area contributed by atoms with Crippen LogP contribution in [0, 0.1) is 0 Å². The second kappa shape index (κ2) is 5.09. The van der Waals surface area contributed by atoms with Gasteiger partial charge in [-0.2, -0.15) is 0 Å². The van der Waals surface area contributed by atoms with E-state index in [0.717, 1.165) is 27.8 Å². The predicted molar refractivity (Wildman–Crippen MR) is 73.4 cm³/mol. The molecule has 0 spiro atoms. The topological polar surface area (TPSA) is 52.1 Å². The first kappa shape index (κ1) is 12.3. The van der Waals surface area contributed by atoms with E-state index in [1.165, 1.54) is 12.4 Å². The number of nitrogens with zero attached hydrogens (tertiary/aromatic N) is 2. The smallest absolute Gasteiger partial charge is 0.187 e. The molecular formula is C14H11BrN2O2. The summed E-state index contributed by atoms with van der Waals surface area (Å²) in [5.41, 5.74) is 2.43. The molecule has 4 nitrogen and oxygen atoms in total. The van der Waals surface area contributed by atoms with E-state index in [-0.39, 0.29) is 12.2 Å². The number of Topliss-reactive ketones (excluding diaryl/α,β-unsaturated/α-hetero) is 1. The van der Waals surface area contributed by atoms with Gasteiger partial charge in [-0.15, -0.1) is 0 Å². The van der Waals surface area contributed by atoms with Crippen LogP contribution in [0.15, 0.2) is 35.2 Å². The van der Waals surface area contributed by atoms with Crippen LogP contribution in [-0.4, -0.2) is 22.4 Å². The average Bonchev–Trinajstić information content (AvgIpc) is 2.88. The summed E-state index contributed by atoms with van der Waals surface area (Å²) in [4.78, 5) is 20.1. The molecule has 1 aliphatic heterocycles. The molecule has 0 fully saturated rings. The average molecular weight is 319 g/mol. The fraction of sp³-hybridized carbons (Fsp3) is 0.214. The second-order valence-corrected chi connectivity index (χ2v) is 5.26. The van der Waals surface area contributed by atoms with Crippen molar-refractivity contribution in [2.45, 2.75) is 12.8 Å². The second-order valence-electron chi connectivity index (χ2n) is 4.34. The molecule has 0 saturated carbocycles. The number of benzene rings is 1.